The Morgan fingerprint density at radius 2 is 1.62 bits per heavy atom. The first-order valence-electron chi connectivity index (χ1n) is 4.60. The molecule has 0 aromatic rings. The lowest BCUT2D eigenvalue weighted by Gasteiger charge is -2.30. The quantitative estimate of drug-likeness (QED) is 0.512. The predicted octanol–water partition coefficient (Wildman–Crippen LogP) is 1.31. The van der Waals surface area contributed by atoms with Crippen LogP contribution in [0.2, 0.25) is 0 Å². The average Bonchev–Trinajstić information content (AvgIpc) is 2.14. The zero-order chi connectivity index (χ0) is 10.5. The van der Waals surface area contributed by atoms with Crippen LogP contribution >= 0.6 is 25.3 Å². The lowest BCUT2D eigenvalue weighted by molar-refractivity contribution is 0.306. The van der Waals surface area contributed by atoms with E-state index >= 15 is 0 Å². The molecule has 0 saturated carbocycles. The molecule has 0 aliphatic carbocycles. The Morgan fingerprint density at radius 1 is 1.08 bits per heavy atom. The van der Waals surface area contributed by atoms with Crippen molar-refractivity contribution in [1.29, 1.82) is 0 Å². The molecule has 0 bridgehead atoms. The van der Waals surface area contributed by atoms with Crippen molar-refractivity contribution in [3.8, 4) is 0 Å². The molecule has 0 aliphatic heterocycles. The highest BCUT2D eigenvalue weighted by molar-refractivity contribution is 7.80. The van der Waals surface area contributed by atoms with E-state index in [-0.39, 0.29) is 11.0 Å². The molecule has 0 aromatic carbocycles. The van der Waals surface area contributed by atoms with Gasteiger partial charge in [0.05, 0.1) is 0 Å². The monoisotopic (exact) mass is 222 g/mol. The van der Waals surface area contributed by atoms with Crippen LogP contribution in [-0.2, 0) is 0 Å². The van der Waals surface area contributed by atoms with Crippen molar-refractivity contribution in [3.63, 3.8) is 0 Å². The van der Waals surface area contributed by atoms with Gasteiger partial charge in [0.1, 0.15) is 0 Å². The fourth-order valence-corrected chi connectivity index (χ4v) is 1.36. The van der Waals surface area contributed by atoms with Gasteiger partial charge >= 0.3 is 0 Å². The summed E-state index contributed by atoms with van der Waals surface area (Å²) < 4.78 is 0. The van der Waals surface area contributed by atoms with E-state index in [9.17, 15) is 0 Å². The Labute approximate surface area is 92.6 Å². The molecule has 0 unspecified atom stereocenters. The Hall–Kier alpha value is 0.620. The van der Waals surface area contributed by atoms with E-state index in [0.29, 0.717) is 12.3 Å². The minimum atomic E-state index is -0.178. The van der Waals surface area contributed by atoms with Crippen molar-refractivity contribution in [2.24, 2.45) is 16.9 Å². The maximum atomic E-state index is 5.99. The van der Waals surface area contributed by atoms with Gasteiger partial charge in [-0.2, -0.15) is 25.3 Å². The van der Waals surface area contributed by atoms with Crippen LogP contribution in [0.15, 0.2) is 0 Å². The van der Waals surface area contributed by atoms with Crippen molar-refractivity contribution in [2.45, 2.75) is 32.2 Å². The summed E-state index contributed by atoms with van der Waals surface area (Å²) in [4.78, 5) is 0. The Bertz CT molecular complexity index is 145. The third kappa shape index (κ3) is 5.15. The van der Waals surface area contributed by atoms with E-state index in [4.69, 9.17) is 11.5 Å². The molecule has 2 nitrogen and oxygen atoms in total. The number of hydrogen-bond donors (Lipinski definition) is 4. The van der Waals surface area contributed by atoms with Gasteiger partial charge in [0.2, 0.25) is 0 Å². The maximum absolute atomic E-state index is 5.99. The molecule has 4 heteroatoms. The van der Waals surface area contributed by atoms with Crippen LogP contribution in [0.25, 0.3) is 0 Å². The zero-order valence-corrected chi connectivity index (χ0v) is 10.4. The van der Waals surface area contributed by atoms with Crippen LogP contribution in [0.5, 0.6) is 0 Å². The van der Waals surface area contributed by atoms with Gasteiger partial charge in [-0.3, -0.25) is 0 Å². The fourth-order valence-electron chi connectivity index (χ4n) is 0.912. The SMILES string of the molecule is C[C@](N)(CS)CC[C@](C)(CN)CS. The van der Waals surface area contributed by atoms with E-state index < -0.39 is 0 Å². The Kier molecular flexibility index (Phi) is 5.75. The molecule has 13 heavy (non-hydrogen) atoms. The second-order valence-corrected chi connectivity index (χ2v) is 5.12. The minimum absolute atomic E-state index is 0.118. The van der Waals surface area contributed by atoms with Gasteiger partial charge in [-0.1, -0.05) is 6.92 Å². The Balaban J connectivity index is 3.99. The van der Waals surface area contributed by atoms with E-state index in [1.165, 1.54) is 0 Å². The van der Waals surface area contributed by atoms with Gasteiger partial charge in [0.25, 0.3) is 0 Å². The van der Waals surface area contributed by atoms with Crippen molar-refractivity contribution in [3.05, 3.63) is 0 Å². The highest BCUT2D eigenvalue weighted by atomic mass is 32.1. The zero-order valence-electron chi connectivity index (χ0n) is 8.58. The van der Waals surface area contributed by atoms with E-state index in [2.05, 4.69) is 32.2 Å². The first-order valence-corrected chi connectivity index (χ1v) is 5.86. The summed E-state index contributed by atoms with van der Waals surface area (Å²) in [7, 11) is 0. The molecular weight excluding hydrogens is 200 g/mol. The largest absolute Gasteiger partial charge is 0.330 e. The molecule has 0 aliphatic rings. The molecule has 0 rings (SSSR count). The van der Waals surface area contributed by atoms with Crippen LogP contribution in [0, 0.1) is 5.41 Å². The number of rotatable bonds is 6. The summed E-state index contributed by atoms with van der Waals surface area (Å²) in [5.74, 6) is 1.52. The van der Waals surface area contributed by atoms with Gasteiger partial charge in [0, 0.05) is 11.3 Å². The Morgan fingerprint density at radius 3 is 1.92 bits per heavy atom. The molecule has 0 spiro atoms. The topological polar surface area (TPSA) is 52.0 Å². The summed E-state index contributed by atoms with van der Waals surface area (Å²) >= 11 is 8.51. The lowest BCUT2D eigenvalue weighted by Crippen LogP contribution is -2.41. The third-order valence-corrected chi connectivity index (χ3v) is 4.02. The summed E-state index contributed by atoms with van der Waals surface area (Å²) in [5.41, 5.74) is 11.6. The van der Waals surface area contributed by atoms with Gasteiger partial charge < -0.3 is 11.5 Å². The third-order valence-electron chi connectivity index (χ3n) is 2.54. The van der Waals surface area contributed by atoms with Crippen LogP contribution in [0.4, 0.5) is 0 Å². The van der Waals surface area contributed by atoms with Gasteiger partial charge in [-0.15, -0.1) is 0 Å². The molecule has 0 heterocycles. The lowest BCUT2D eigenvalue weighted by atomic mass is 9.83. The fraction of sp³-hybridized carbons (Fsp3) is 1.00. The molecule has 4 N–H and O–H groups in total. The minimum Gasteiger partial charge on any atom is -0.330 e. The number of thiol groups is 2. The smallest absolute Gasteiger partial charge is 0.0215 e. The predicted molar refractivity (Wildman–Crippen MR) is 66.7 cm³/mol. The molecule has 0 aromatic heterocycles. The number of nitrogens with two attached hydrogens (primary N) is 2. The standard InChI is InChI=1S/C9H22N2S2/c1-8(5-10,6-12)3-4-9(2,11)7-13/h12-13H,3-7,10-11H2,1-2H3/t8-,9-/m1/s1. The van der Waals surface area contributed by atoms with Gasteiger partial charge in [-0.25, -0.2) is 0 Å². The molecule has 0 fully saturated rings. The summed E-state index contributed by atoms with van der Waals surface area (Å²) in [5, 5.41) is 0. The van der Waals surface area contributed by atoms with Crippen molar-refractivity contribution in [1.82, 2.24) is 0 Å². The van der Waals surface area contributed by atoms with E-state index in [1.807, 2.05) is 6.92 Å². The summed E-state index contributed by atoms with van der Waals surface area (Å²) in [6, 6.07) is 0. The second-order valence-electron chi connectivity index (χ2n) is 4.49. The van der Waals surface area contributed by atoms with Gasteiger partial charge in [0.15, 0.2) is 0 Å². The van der Waals surface area contributed by atoms with Crippen LogP contribution < -0.4 is 11.5 Å². The molecule has 2 atom stereocenters. The molecular formula is C9H22N2S2. The van der Waals surface area contributed by atoms with Gasteiger partial charge in [-0.05, 0) is 37.5 Å². The molecule has 0 radical (unpaired) electrons. The summed E-state index contributed by atoms with van der Waals surface area (Å²) in [6.07, 6.45) is 1.96. The first kappa shape index (κ1) is 13.6. The highest BCUT2D eigenvalue weighted by Gasteiger charge is 2.25. The van der Waals surface area contributed by atoms with Crippen molar-refractivity contribution < 1.29 is 0 Å². The van der Waals surface area contributed by atoms with Crippen molar-refractivity contribution >= 4 is 25.3 Å². The molecule has 0 amide bonds. The maximum Gasteiger partial charge on any atom is 0.0215 e. The first-order chi connectivity index (χ1) is 5.89. The van der Waals surface area contributed by atoms with Crippen molar-refractivity contribution in [2.75, 3.05) is 18.1 Å². The molecule has 80 valence electrons. The number of hydrogen-bond acceptors (Lipinski definition) is 4. The van der Waals surface area contributed by atoms with Crippen LogP contribution in [0.1, 0.15) is 26.7 Å². The highest BCUT2D eigenvalue weighted by Crippen LogP contribution is 2.26. The average molecular weight is 222 g/mol. The second kappa shape index (κ2) is 5.49. The van der Waals surface area contributed by atoms with Crippen LogP contribution in [0.3, 0.4) is 0 Å². The molecule has 0 saturated heterocycles. The van der Waals surface area contributed by atoms with Crippen LogP contribution in [-0.4, -0.2) is 23.6 Å². The van der Waals surface area contributed by atoms with E-state index in [1.54, 1.807) is 0 Å². The summed E-state index contributed by atoms with van der Waals surface area (Å²) in [6.45, 7) is 4.84. The normalized spacial score (nSPS) is 20.8. The van der Waals surface area contributed by atoms with E-state index in [0.717, 1.165) is 18.6 Å².